The summed E-state index contributed by atoms with van der Waals surface area (Å²) in [7, 11) is 0. The molecule has 1 heterocycles. The Morgan fingerprint density at radius 2 is 1.78 bits per heavy atom. The molecule has 0 aliphatic carbocycles. The lowest BCUT2D eigenvalue weighted by Gasteiger charge is -2.25. The molecule has 11 heteroatoms. The Morgan fingerprint density at radius 1 is 1.11 bits per heavy atom. The van der Waals surface area contributed by atoms with Crippen LogP contribution >= 0.6 is 46.4 Å². The highest BCUT2D eigenvalue weighted by atomic mass is 35.5. The van der Waals surface area contributed by atoms with E-state index in [1.807, 2.05) is 13.8 Å². The van der Waals surface area contributed by atoms with E-state index >= 15 is 0 Å². The van der Waals surface area contributed by atoms with Gasteiger partial charge >= 0.3 is 0 Å². The molecule has 192 valence electrons. The smallest absolute Gasteiger partial charge is 0.260 e. The van der Waals surface area contributed by atoms with E-state index in [-0.39, 0.29) is 24.9 Å². The Balaban J connectivity index is 1.82. The lowest BCUT2D eigenvalue weighted by atomic mass is 9.99. The third kappa shape index (κ3) is 6.72. The normalized spacial score (nSPS) is 12.9. The van der Waals surface area contributed by atoms with E-state index in [0.29, 0.717) is 38.3 Å². The number of halogens is 4. The molecule has 0 unspecified atom stereocenters. The van der Waals surface area contributed by atoms with E-state index in [0.717, 1.165) is 6.42 Å². The average molecular weight is 572 g/mol. The van der Waals surface area contributed by atoms with Crippen molar-refractivity contribution in [3.63, 3.8) is 0 Å². The molecule has 3 aromatic rings. The molecule has 36 heavy (non-hydrogen) atoms. The second-order valence-corrected chi connectivity index (χ2v) is 10.1. The molecule has 0 spiro atoms. The number of carbonyl (C=O) groups excluding carboxylic acids is 2. The molecule has 3 N–H and O–H groups in total. The average Bonchev–Trinajstić information content (AvgIpc) is 3.35. The minimum atomic E-state index is -1.29. The highest BCUT2D eigenvalue weighted by Crippen LogP contribution is 2.36. The summed E-state index contributed by atoms with van der Waals surface area (Å²) in [5.41, 5.74) is 8.18. The second-order valence-electron chi connectivity index (χ2n) is 8.22. The van der Waals surface area contributed by atoms with Crippen LogP contribution in [0.3, 0.4) is 0 Å². The lowest BCUT2D eigenvalue weighted by Crippen LogP contribution is -2.47. The lowest BCUT2D eigenvalue weighted by molar-refractivity contribution is -0.123. The number of rotatable bonds is 10. The van der Waals surface area contributed by atoms with Gasteiger partial charge in [0.25, 0.3) is 5.91 Å². The maximum Gasteiger partial charge on any atom is 0.260 e. The molecule has 0 fully saturated rings. The van der Waals surface area contributed by atoms with Gasteiger partial charge in [-0.25, -0.2) is 0 Å². The standard InChI is InChI=1S/C25H26Cl4N4O3/c1-3-14(2)22(30)24(34)31-10-11-33(25(35)23(28)29)16-7-4-6-15(12-16)20-13-19(32-36-20)21-17(26)8-5-9-18(21)27/h4-9,12-14,22-23H,3,10-11,30H2,1-2H3,(H,31,34)/t14-,22-/m0/s1. The SMILES string of the molecule is CC[C@H](C)[C@H](N)C(=O)NCCN(C(=O)C(Cl)Cl)c1cccc(-c2cc(-c3c(Cl)cccc3Cl)no2)c1. The van der Waals surface area contributed by atoms with E-state index in [4.69, 9.17) is 56.7 Å². The zero-order chi connectivity index (χ0) is 26.4. The summed E-state index contributed by atoms with van der Waals surface area (Å²) >= 11 is 24.4. The zero-order valence-corrected chi connectivity index (χ0v) is 22.7. The Morgan fingerprint density at radius 3 is 2.42 bits per heavy atom. The molecule has 3 rings (SSSR count). The first-order valence-electron chi connectivity index (χ1n) is 11.3. The van der Waals surface area contributed by atoms with Gasteiger partial charge in [-0.2, -0.15) is 0 Å². The molecule has 2 aromatic carbocycles. The van der Waals surface area contributed by atoms with Crippen LogP contribution in [-0.4, -0.2) is 40.9 Å². The van der Waals surface area contributed by atoms with Crippen LogP contribution in [0.5, 0.6) is 0 Å². The molecule has 7 nitrogen and oxygen atoms in total. The van der Waals surface area contributed by atoms with Crippen LogP contribution in [0, 0.1) is 5.92 Å². The monoisotopic (exact) mass is 570 g/mol. The molecule has 0 aliphatic rings. The van der Waals surface area contributed by atoms with Gasteiger partial charge in [-0.05, 0) is 30.2 Å². The first-order valence-corrected chi connectivity index (χ1v) is 12.9. The topological polar surface area (TPSA) is 101 Å². The van der Waals surface area contributed by atoms with Crippen molar-refractivity contribution in [3.05, 3.63) is 58.6 Å². The molecule has 1 aromatic heterocycles. The predicted molar refractivity (Wildman–Crippen MR) is 146 cm³/mol. The summed E-state index contributed by atoms with van der Waals surface area (Å²) in [4.78, 5) is 25.2. The number of nitrogens with zero attached hydrogens (tertiary/aromatic N) is 2. The maximum absolute atomic E-state index is 12.8. The molecule has 0 bridgehead atoms. The van der Waals surface area contributed by atoms with Gasteiger partial charge in [0, 0.05) is 36.0 Å². The number of alkyl halides is 2. The number of aromatic nitrogens is 1. The highest BCUT2D eigenvalue weighted by Gasteiger charge is 2.24. The third-order valence-corrected chi connectivity index (χ3v) is 6.82. The largest absolute Gasteiger partial charge is 0.356 e. The number of carbonyl (C=O) groups is 2. The van der Waals surface area contributed by atoms with Crippen molar-refractivity contribution in [3.8, 4) is 22.6 Å². The van der Waals surface area contributed by atoms with Crippen molar-refractivity contribution in [1.29, 1.82) is 0 Å². The summed E-state index contributed by atoms with van der Waals surface area (Å²) in [6.07, 6.45) is 0.776. The minimum Gasteiger partial charge on any atom is -0.356 e. The predicted octanol–water partition coefficient (Wildman–Crippen LogP) is 5.94. The van der Waals surface area contributed by atoms with Crippen molar-refractivity contribution in [2.24, 2.45) is 11.7 Å². The van der Waals surface area contributed by atoms with Crippen LogP contribution in [0.15, 0.2) is 53.1 Å². The zero-order valence-electron chi connectivity index (χ0n) is 19.7. The van der Waals surface area contributed by atoms with E-state index in [2.05, 4.69) is 10.5 Å². The highest BCUT2D eigenvalue weighted by molar-refractivity contribution is 6.54. The summed E-state index contributed by atoms with van der Waals surface area (Å²) in [6, 6.07) is 13.3. The van der Waals surface area contributed by atoms with Crippen LogP contribution in [0.25, 0.3) is 22.6 Å². The van der Waals surface area contributed by atoms with Crippen molar-refractivity contribution in [1.82, 2.24) is 10.5 Å². The Kier molecular flexibility index (Phi) is 10.0. The van der Waals surface area contributed by atoms with E-state index in [9.17, 15) is 9.59 Å². The van der Waals surface area contributed by atoms with Crippen LogP contribution in [0.1, 0.15) is 20.3 Å². The Bertz CT molecular complexity index is 1200. The molecule has 0 saturated heterocycles. The summed E-state index contributed by atoms with van der Waals surface area (Å²) in [6.45, 7) is 4.17. The van der Waals surface area contributed by atoms with Crippen LogP contribution in [0.4, 0.5) is 5.69 Å². The third-order valence-electron chi connectivity index (χ3n) is 5.82. The first-order chi connectivity index (χ1) is 17.1. The van der Waals surface area contributed by atoms with Crippen molar-refractivity contribution in [2.75, 3.05) is 18.0 Å². The van der Waals surface area contributed by atoms with Crippen molar-refractivity contribution >= 4 is 63.9 Å². The van der Waals surface area contributed by atoms with Gasteiger partial charge in [0.15, 0.2) is 10.6 Å². The van der Waals surface area contributed by atoms with Crippen LogP contribution in [-0.2, 0) is 9.59 Å². The Hall–Kier alpha value is -2.29. The second kappa shape index (κ2) is 12.8. The van der Waals surface area contributed by atoms with Gasteiger partial charge in [0.1, 0.15) is 5.69 Å². The summed E-state index contributed by atoms with van der Waals surface area (Å²) in [5, 5.41) is 7.76. The van der Waals surface area contributed by atoms with Crippen molar-refractivity contribution in [2.45, 2.75) is 31.1 Å². The molecule has 0 saturated carbocycles. The number of hydrogen-bond acceptors (Lipinski definition) is 5. The van der Waals surface area contributed by atoms with Gasteiger partial charge in [-0.1, -0.05) is 90.0 Å². The Labute approximate surface area is 229 Å². The molecular formula is C25H26Cl4N4O3. The van der Waals surface area contributed by atoms with Crippen LogP contribution < -0.4 is 16.0 Å². The van der Waals surface area contributed by atoms with Crippen LogP contribution in [0.2, 0.25) is 10.0 Å². The van der Waals surface area contributed by atoms with Gasteiger partial charge in [-0.15, -0.1) is 0 Å². The molecular weight excluding hydrogens is 546 g/mol. The number of nitrogens with two attached hydrogens (primary N) is 1. The first kappa shape index (κ1) is 28.3. The summed E-state index contributed by atoms with van der Waals surface area (Å²) < 4.78 is 5.54. The molecule has 0 aliphatic heterocycles. The van der Waals surface area contributed by atoms with Gasteiger partial charge < -0.3 is 20.5 Å². The number of hydrogen-bond donors (Lipinski definition) is 2. The van der Waals surface area contributed by atoms with E-state index in [1.165, 1.54) is 4.90 Å². The number of anilines is 1. The van der Waals surface area contributed by atoms with E-state index in [1.54, 1.807) is 48.5 Å². The molecule has 2 amide bonds. The summed E-state index contributed by atoms with van der Waals surface area (Å²) in [5.74, 6) is -0.346. The quantitative estimate of drug-likeness (QED) is 0.293. The molecule has 2 atom stereocenters. The van der Waals surface area contributed by atoms with Gasteiger partial charge in [0.2, 0.25) is 5.91 Å². The van der Waals surface area contributed by atoms with Gasteiger partial charge in [-0.3, -0.25) is 9.59 Å². The van der Waals surface area contributed by atoms with Crippen molar-refractivity contribution < 1.29 is 14.1 Å². The fourth-order valence-electron chi connectivity index (χ4n) is 3.50. The van der Waals surface area contributed by atoms with Gasteiger partial charge in [0.05, 0.1) is 16.1 Å². The number of amides is 2. The minimum absolute atomic E-state index is 0.0296. The number of nitrogens with one attached hydrogen (secondary N) is 1. The number of benzene rings is 2. The maximum atomic E-state index is 12.8. The molecule has 0 radical (unpaired) electrons. The fraction of sp³-hybridized carbons (Fsp3) is 0.320. The fourth-order valence-corrected chi connectivity index (χ4v) is 4.33. The van der Waals surface area contributed by atoms with E-state index < -0.39 is 16.8 Å².